The fourth-order valence-electron chi connectivity index (χ4n) is 3.21. The van der Waals surface area contributed by atoms with Crippen LogP contribution in [0.15, 0.2) is 17.0 Å². The topological polar surface area (TPSA) is 49.4 Å². The van der Waals surface area contributed by atoms with E-state index in [-0.39, 0.29) is 5.41 Å². The number of sulfonamides is 1. The Hall–Kier alpha value is -1.07. The molecule has 1 aromatic rings. The lowest BCUT2D eigenvalue weighted by Gasteiger charge is -2.37. The van der Waals surface area contributed by atoms with E-state index in [4.69, 9.17) is 0 Å². The Labute approximate surface area is 128 Å². The second-order valence-electron chi connectivity index (χ2n) is 6.80. The van der Waals surface area contributed by atoms with Crippen LogP contribution >= 0.6 is 0 Å². The van der Waals surface area contributed by atoms with Gasteiger partial charge in [-0.15, -0.1) is 0 Å². The van der Waals surface area contributed by atoms with Gasteiger partial charge in [-0.25, -0.2) is 8.42 Å². The molecule has 1 aliphatic rings. The number of anilines is 1. The van der Waals surface area contributed by atoms with Gasteiger partial charge in [-0.3, -0.25) is 0 Å². The third-order valence-corrected chi connectivity index (χ3v) is 6.36. The van der Waals surface area contributed by atoms with E-state index in [1.807, 2.05) is 33.0 Å². The zero-order valence-corrected chi connectivity index (χ0v) is 14.5. The summed E-state index contributed by atoms with van der Waals surface area (Å²) in [5, 5.41) is 3.07. The Kier molecular flexibility index (Phi) is 4.36. The predicted molar refractivity (Wildman–Crippen MR) is 87.2 cm³/mol. The van der Waals surface area contributed by atoms with Crippen LogP contribution in [-0.4, -0.2) is 32.9 Å². The molecule has 0 aromatic heterocycles. The molecule has 0 aliphatic carbocycles. The van der Waals surface area contributed by atoms with Gasteiger partial charge in [0.25, 0.3) is 0 Å². The monoisotopic (exact) mass is 310 g/mol. The van der Waals surface area contributed by atoms with Crippen LogP contribution in [-0.2, 0) is 10.0 Å². The Morgan fingerprint density at radius 2 is 1.76 bits per heavy atom. The number of aryl methyl sites for hydroxylation is 2. The molecule has 5 heteroatoms. The highest BCUT2D eigenvalue weighted by Crippen LogP contribution is 2.34. The lowest BCUT2D eigenvalue weighted by molar-refractivity contribution is 0.187. The summed E-state index contributed by atoms with van der Waals surface area (Å²) >= 11 is 0. The summed E-state index contributed by atoms with van der Waals surface area (Å²) in [5.41, 5.74) is 2.62. The molecular weight excluding hydrogens is 284 g/mol. The van der Waals surface area contributed by atoms with Crippen LogP contribution in [0, 0.1) is 19.3 Å². The van der Waals surface area contributed by atoms with Crippen molar-refractivity contribution in [1.29, 1.82) is 0 Å². The normalized spacial score (nSPS) is 19.5. The lowest BCUT2D eigenvalue weighted by atomic mass is 9.85. The quantitative estimate of drug-likeness (QED) is 0.933. The fraction of sp³-hybridized carbons (Fsp3) is 0.625. The standard InChI is InChI=1S/C16H26N2O2S/c1-12-9-14(17-5)10-13(2)15(12)21(19,20)18-8-6-7-16(3,4)11-18/h9-10,17H,6-8,11H2,1-5H3. The highest BCUT2D eigenvalue weighted by atomic mass is 32.2. The van der Waals surface area contributed by atoms with Crippen LogP contribution in [0.25, 0.3) is 0 Å². The summed E-state index contributed by atoms with van der Waals surface area (Å²) in [5.74, 6) is 0. The van der Waals surface area contributed by atoms with Gasteiger partial charge in [0.15, 0.2) is 0 Å². The molecule has 1 fully saturated rings. The van der Waals surface area contributed by atoms with E-state index in [2.05, 4.69) is 19.2 Å². The molecule has 0 radical (unpaired) electrons. The van der Waals surface area contributed by atoms with Gasteiger partial charge in [0.05, 0.1) is 4.90 Å². The first-order chi connectivity index (χ1) is 9.67. The van der Waals surface area contributed by atoms with Crippen LogP contribution in [0.4, 0.5) is 5.69 Å². The van der Waals surface area contributed by atoms with Crippen LogP contribution in [0.3, 0.4) is 0 Å². The molecule has 0 saturated carbocycles. The van der Waals surface area contributed by atoms with Crippen LogP contribution in [0.2, 0.25) is 0 Å². The Morgan fingerprint density at radius 1 is 1.19 bits per heavy atom. The predicted octanol–water partition coefficient (Wildman–Crippen LogP) is 3.16. The smallest absolute Gasteiger partial charge is 0.243 e. The SMILES string of the molecule is CNc1cc(C)c(S(=O)(=O)N2CCCC(C)(C)C2)c(C)c1. The summed E-state index contributed by atoms with van der Waals surface area (Å²) in [4.78, 5) is 0.471. The average molecular weight is 310 g/mol. The van der Waals surface area contributed by atoms with Gasteiger partial charge in [-0.2, -0.15) is 4.31 Å². The molecule has 0 spiro atoms. The molecule has 1 N–H and O–H groups in total. The second-order valence-corrected chi connectivity index (χ2v) is 8.67. The minimum absolute atomic E-state index is 0.0536. The van der Waals surface area contributed by atoms with E-state index in [1.54, 1.807) is 4.31 Å². The van der Waals surface area contributed by atoms with Crippen LogP contribution in [0.5, 0.6) is 0 Å². The summed E-state index contributed by atoms with van der Waals surface area (Å²) in [6.07, 6.45) is 2.01. The first-order valence-electron chi connectivity index (χ1n) is 7.46. The molecule has 0 bridgehead atoms. The van der Waals surface area contributed by atoms with E-state index in [0.717, 1.165) is 29.7 Å². The van der Waals surface area contributed by atoms with Gasteiger partial charge in [0.2, 0.25) is 10.0 Å². The molecule has 2 rings (SSSR count). The van der Waals surface area contributed by atoms with Gasteiger partial charge < -0.3 is 5.32 Å². The van der Waals surface area contributed by atoms with Crippen molar-refractivity contribution >= 4 is 15.7 Å². The van der Waals surface area contributed by atoms with Crippen molar-refractivity contribution in [3.63, 3.8) is 0 Å². The minimum Gasteiger partial charge on any atom is -0.388 e. The maximum absolute atomic E-state index is 13.0. The van der Waals surface area contributed by atoms with E-state index in [9.17, 15) is 8.42 Å². The number of nitrogens with one attached hydrogen (secondary N) is 1. The molecule has 1 saturated heterocycles. The van der Waals surface area contributed by atoms with Gasteiger partial charge in [0, 0.05) is 25.8 Å². The summed E-state index contributed by atoms with van der Waals surface area (Å²) in [7, 11) is -1.57. The Morgan fingerprint density at radius 3 is 2.24 bits per heavy atom. The summed E-state index contributed by atoms with van der Waals surface area (Å²) < 4.78 is 27.7. The van der Waals surface area contributed by atoms with Crippen LogP contribution < -0.4 is 5.32 Å². The molecule has 1 aromatic carbocycles. The summed E-state index contributed by atoms with van der Waals surface area (Å²) in [6, 6.07) is 3.80. The zero-order chi connectivity index (χ0) is 15.8. The molecule has 118 valence electrons. The van der Waals surface area contributed by atoms with Crippen molar-refractivity contribution in [2.24, 2.45) is 5.41 Å². The van der Waals surface area contributed by atoms with E-state index in [1.165, 1.54) is 0 Å². The molecule has 0 amide bonds. The molecule has 21 heavy (non-hydrogen) atoms. The van der Waals surface area contributed by atoms with Crippen molar-refractivity contribution in [2.45, 2.75) is 45.4 Å². The third-order valence-electron chi connectivity index (χ3n) is 4.21. The lowest BCUT2D eigenvalue weighted by Crippen LogP contribution is -2.43. The number of hydrogen-bond acceptors (Lipinski definition) is 3. The molecule has 0 unspecified atom stereocenters. The van der Waals surface area contributed by atoms with E-state index >= 15 is 0 Å². The number of rotatable bonds is 3. The van der Waals surface area contributed by atoms with Crippen molar-refractivity contribution in [2.75, 3.05) is 25.5 Å². The number of nitrogens with zero attached hydrogens (tertiary/aromatic N) is 1. The summed E-state index contributed by atoms with van der Waals surface area (Å²) in [6.45, 7) is 9.24. The molecule has 1 aliphatic heterocycles. The maximum atomic E-state index is 13.0. The van der Waals surface area contributed by atoms with E-state index < -0.39 is 10.0 Å². The molecule has 0 atom stereocenters. The van der Waals surface area contributed by atoms with Crippen molar-refractivity contribution < 1.29 is 8.42 Å². The highest BCUT2D eigenvalue weighted by molar-refractivity contribution is 7.89. The molecule has 1 heterocycles. The maximum Gasteiger partial charge on any atom is 0.243 e. The number of hydrogen-bond donors (Lipinski definition) is 1. The van der Waals surface area contributed by atoms with Crippen molar-refractivity contribution in [3.05, 3.63) is 23.3 Å². The molecule has 4 nitrogen and oxygen atoms in total. The van der Waals surface area contributed by atoms with Crippen molar-refractivity contribution in [1.82, 2.24) is 4.31 Å². The van der Waals surface area contributed by atoms with Gasteiger partial charge in [-0.05, 0) is 55.4 Å². The average Bonchev–Trinajstić information content (AvgIpc) is 2.36. The third kappa shape index (κ3) is 3.24. The van der Waals surface area contributed by atoms with E-state index in [0.29, 0.717) is 18.0 Å². The largest absolute Gasteiger partial charge is 0.388 e. The number of benzene rings is 1. The van der Waals surface area contributed by atoms with Gasteiger partial charge in [-0.1, -0.05) is 13.8 Å². The van der Waals surface area contributed by atoms with Gasteiger partial charge >= 0.3 is 0 Å². The van der Waals surface area contributed by atoms with Gasteiger partial charge in [0.1, 0.15) is 0 Å². The highest BCUT2D eigenvalue weighted by Gasteiger charge is 2.35. The zero-order valence-electron chi connectivity index (χ0n) is 13.7. The number of piperidine rings is 1. The fourth-order valence-corrected chi connectivity index (χ4v) is 5.28. The second kappa shape index (κ2) is 5.61. The first-order valence-corrected chi connectivity index (χ1v) is 8.90. The van der Waals surface area contributed by atoms with Crippen LogP contribution in [0.1, 0.15) is 37.8 Å². The molecular formula is C16H26N2O2S. The Bertz CT molecular complexity index is 613. The first kappa shape index (κ1) is 16.3. The van der Waals surface area contributed by atoms with Crippen molar-refractivity contribution in [3.8, 4) is 0 Å². The minimum atomic E-state index is -3.41. The Balaban J connectivity index is 2.45.